The quantitative estimate of drug-likeness (QED) is 0.715. The third kappa shape index (κ3) is 5.66. The predicted molar refractivity (Wildman–Crippen MR) is 98.3 cm³/mol. The van der Waals surface area contributed by atoms with Crippen LogP contribution < -0.4 is 11.1 Å². The number of nitrogens with one attached hydrogen (secondary N) is 1. The van der Waals surface area contributed by atoms with Gasteiger partial charge >= 0.3 is 0 Å². The van der Waals surface area contributed by atoms with E-state index in [2.05, 4.69) is 10.3 Å². The number of aromatic nitrogens is 1. The molecule has 0 aromatic carbocycles. The molecule has 1 aromatic rings. The van der Waals surface area contributed by atoms with Gasteiger partial charge in [0.1, 0.15) is 5.69 Å². The van der Waals surface area contributed by atoms with Crippen molar-refractivity contribution < 1.29 is 13.2 Å². The monoisotopic (exact) mass is 396 g/mol. The summed E-state index contributed by atoms with van der Waals surface area (Å²) in [6.45, 7) is 3.29. The van der Waals surface area contributed by atoms with Gasteiger partial charge in [-0.3, -0.25) is 4.79 Å². The molecule has 2 rings (SSSR count). The topological polar surface area (TPSA) is 105 Å². The van der Waals surface area contributed by atoms with E-state index >= 15 is 0 Å². The Morgan fingerprint density at radius 3 is 2.71 bits per heavy atom. The van der Waals surface area contributed by atoms with E-state index in [1.54, 1.807) is 5.38 Å². The molecule has 0 unspecified atom stereocenters. The molecule has 3 N–H and O–H groups in total. The lowest BCUT2D eigenvalue weighted by Gasteiger charge is -2.31. The second-order valence-corrected chi connectivity index (χ2v) is 8.66. The van der Waals surface area contributed by atoms with E-state index in [1.165, 1.54) is 15.6 Å². The Balaban J connectivity index is 0.00000288. The van der Waals surface area contributed by atoms with Gasteiger partial charge in [-0.15, -0.1) is 23.7 Å². The minimum atomic E-state index is -3.14. The predicted octanol–water partition coefficient (Wildman–Crippen LogP) is 1.00. The van der Waals surface area contributed by atoms with Crippen LogP contribution >= 0.6 is 23.7 Å². The lowest BCUT2D eigenvalue weighted by atomic mass is 10.1. The van der Waals surface area contributed by atoms with Gasteiger partial charge in [0.05, 0.1) is 10.8 Å². The Bertz CT molecular complexity index is 628. The Labute approximate surface area is 153 Å². The van der Waals surface area contributed by atoms with Gasteiger partial charge in [0, 0.05) is 30.9 Å². The summed E-state index contributed by atoms with van der Waals surface area (Å²) in [5.74, 6) is -0.00774. The zero-order valence-corrected chi connectivity index (χ0v) is 16.2. The van der Waals surface area contributed by atoms with Crippen molar-refractivity contribution in [2.45, 2.75) is 38.6 Å². The molecule has 10 heteroatoms. The van der Waals surface area contributed by atoms with E-state index in [0.29, 0.717) is 51.0 Å². The van der Waals surface area contributed by atoms with E-state index < -0.39 is 10.0 Å². The van der Waals surface area contributed by atoms with Crippen LogP contribution in [-0.4, -0.2) is 55.0 Å². The van der Waals surface area contributed by atoms with E-state index in [1.807, 2.05) is 6.92 Å². The lowest BCUT2D eigenvalue weighted by Crippen LogP contribution is -2.47. The van der Waals surface area contributed by atoms with E-state index in [0.717, 1.165) is 5.01 Å². The third-order valence-electron chi connectivity index (χ3n) is 3.79. The number of rotatable bonds is 7. The van der Waals surface area contributed by atoms with Crippen LogP contribution in [0.4, 0.5) is 0 Å². The number of halogens is 1. The molecular formula is C14H25ClN4O3S2. The first-order valence-corrected chi connectivity index (χ1v) is 10.4. The minimum absolute atomic E-state index is 0. The summed E-state index contributed by atoms with van der Waals surface area (Å²) >= 11 is 1.43. The van der Waals surface area contributed by atoms with E-state index in [-0.39, 0.29) is 30.1 Å². The van der Waals surface area contributed by atoms with Crippen LogP contribution in [0.5, 0.6) is 0 Å². The highest BCUT2D eigenvalue weighted by atomic mass is 35.5. The molecule has 2 heterocycles. The number of carbonyl (C=O) groups is 1. The van der Waals surface area contributed by atoms with Crippen molar-refractivity contribution in [3.8, 4) is 0 Å². The van der Waals surface area contributed by atoms with Gasteiger partial charge in [-0.2, -0.15) is 0 Å². The van der Waals surface area contributed by atoms with Gasteiger partial charge < -0.3 is 11.1 Å². The highest BCUT2D eigenvalue weighted by Gasteiger charge is 2.28. The maximum Gasteiger partial charge on any atom is 0.270 e. The number of piperidine rings is 1. The molecule has 24 heavy (non-hydrogen) atoms. The summed E-state index contributed by atoms with van der Waals surface area (Å²) in [6.07, 6.45) is 2.56. The van der Waals surface area contributed by atoms with Crippen LogP contribution in [-0.2, 0) is 16.4 Å². The van der Waals surface area contributed by atoms with Crippen molar-refractivity contribution >= 4 is 39.7 Å². The Kier molecular flexibility index (Phi) is 8.58. The van der Waals surface area contributed by atoms with Gasteiger partial charge in [-0.05, 0) is 25.8 Å². The molecule has 0 bridgehead atoms. The molecule has 1 amide bonds. The van der Waals surface area contributed by atoms with Crippen molar-refractivity contribution in [1.82, 2.24) is 14.6 Å². The summed E-state index contributed by atoms with van der Waals surface area (Å²) in [5, 5.41) is 5.54. The average molecular weight is 397 g/mol. The first-order valence-electron chi connectivity index (χ1n) is 7.89. The number of sulfonamides is 1. The zero-order valence-electron chi connectivity index (χ0n) is 13.7. The number of carbonyl (C=O) groups excluding carboxylic acids is 1. The lowest BCUT2D eigenvalue weighted by molar-refractivity contribution is 0.0919. The van der Waals surface area contributed by atoms with Gasteiger partial charge in [-0.1, -0.05) is 6.92 Å². The number of thiazole rings is 1. The number of amides is 1. The van der Waals surface area contributed by atoms with Crippen LogP contribution in [0.1, 0.15) is 41.7 Å². The van der Waals surface area contributed by atoms with E-state index in [9.17, 15) is 13.2 Å². The Morgan fingerprint density at radius 2 is 2.12 bits per heavy atom. The summed E-state index contributed by atoms with van der Waals surface area (Å²) < 4.78 is 25.6. The smallest absolute Gasteiger partial charge is 0.270 e. The van der Waals surface area contributed by atoms with Crippen LogP contribution in [0.15, 0.2) is 5.38 Å². The molecule has 138 valence electrons. The first kappa shape index (κ1) is 21.3. The summed E-state index contributed by atoms with van der Waals surface area (Å²) in [7, 11) is -3.14. The molecule has 1 fully saturated rings. The van der Waals surface area contributed by atoms with Crippen molar-refractivity contribution in [2.75, 3.05) is 25.4 Å². The van der Waals surface area contributed by atoms with Gasteiger partial charge in [0.2, 0.25) is 10.0 Å². The molecule has 1 aromatic heterocycles. The summed E-state index contributed by atoms with van der Waals surface area (Å²) in [4.78, 5) is 16.4. The molecule has 0 saturated carbocycles. The molecule has 1 aliphatic rings. The van der Waals surface area contributed by atoms with Crippen molar-refractivity contribution in [1.29, 1.82) is 0 Å². The molecule has 0 radical (unpaired) electrons. The summed E-state index contributed by atoms with van der Waals surface area (Å²) in [6, 6.07) is -0.00441. The molecule has 1 saturated heterocycles. The normalized spacial score (nSPS) is 16.6. The first-order chi connectivity index (χ1) is 11.0. The standard InChI is InChI=1S/C14H24N4O3S2.ClH/c1-2-9-23(20,21)18-7-4-11(5-8-18)16-14(19)12-10-22-13(17-12)3-6-15;/h10-11H,2-9,15H2,1H3,(H,16,19);1H. The van der Waals surface area contributed by atoms with Gasteiger partial charge in [0.15, 0.2) is 0 Å². The zero-order chi connectivity index (χ0) is 16.9. The minimum Gasteiger partial charge on any atom is -0.348 e. The SMILES string of the molecule is CCCS(=O)(=O)N1CCC(NC(=O)c2csc(CCN)n2)CC1.Cl. The fourth-order valence-electron chi connectivity index (χ4n) is 2.58. The number of hydrogen-bond donors (Lipinski definition) is 2. The van der Waals surface area contributed by atoms with Crippen LogP contribution in [0, 0.1) is 0 Å². The maximum absolute atomic E-state index is 12.2. The Morgan fingerprint density at radius 1 is 1.46 bits per heavy atom. The molecule has 0 atom stereocenters. The highest BCUT2D eigenvalue weighted by Crippen LogP contribution is 2.16. The summed E-state index contributed by atoms with van der Waals surface area (Å²) in [5.41, 5.74) is 5.89. The average Bonchev–Trinajstić information content (AvgIpc) is 2.97. The Hall–Kier alpha value is -0.740. The molecule has 1 aliphatic heterocycles. The van der Waals surface area contributed by atoms with E-state index in [4.69, 9.17) is 5.73 Å². The number of hydrogen-bond acceptors (Lipinski definition) is 6. The fourth-order valence-corrected chi connectivity index (χ4v) is 4.91. The van der Waals surface area contributed by atoms with Gasteiger partial charge in [0.25, 0.3) is 5.91 Å². The van der Waals surface area contributed by atoms with Crippen molar-refractivity contribution in [3.63, 3.8) is 0 Å². The number of nitrogens with zero attached hydrogens (tertiary/aromatic N) is 2. The van der Waals surface area contributed by atoms with Gasteiger partial charge in [-0.25, -0.2) is 17.7 Å². The molecule has 0 spiro atoms. The third-order valence-corrected chi connectivity index (χ3v) is 6.77. The highest BCUT2D eigenvalue weighted by molar-refractivity contribution is 7.89. The second-order valence-electron chi connectivity index (χ2n) is 5.63. The van der Waals surface area contributed by atoms with Crippen molar-refractivity contribution in [3.05, 3.63) is 16.1 Å². The molecule has 7 nitrogen and oxygen atoms in total. The van der Waals surface area contributed by atoms with Crippen LogP contribution in [0.25, 0.3) is 0 Å². The van der Waals surface area contributed by atoms with Crippen molar-refractivity contribution in [2.24, 2.45) is 5.73 Å². The largest absolute Gasteiger partial charge is 0.348 e. The fraction of sp³-hybridized carbons (Fsp3) is 0.714. The van der Waals surface area contributed by atoms with Crippen LogP contribution in [0.3, 0.4) is 0 Å². The molecule has 0 aliphatic carbocycles. The second kappa shape index (κ2) is 9.67. The van der Waals surface area contributed by atoms with Crippen LogP contribution in [0.2, 0.25) is 0 Å². The molecular weight excluding hydrogens is 372 g/mol. The number of nitrogens with two attached hydrogens (primary N) is 1. The maximum atomic E-state index is 12.2.